The van der Waals surface area contributed by atoms with Crippen LogP contribution in [0, 0.1) is 0 Å². The standard InChI is InChI=1S/C25H31BrN10O4/c1-14(26)21(37)32-15-8-18(31-11-15)24(40)36(4)17-10-20(35(3)13-17)23(39)33-16-9-19(34(2)12-16)22(38)29-6-5-7-30-25(27)28/h8-13,31H,1,5-7H2,2-4H3,(H,29,38)(H,32,37)(H,33,39)(H4,27,28,30). The molecule has 0 fully saturated rings. The van der Waals surface area contributed by atoms with Crippen LogP contribution in [0.4, 0.5) is 17.1 Å². The van der Waals surface area contributed by atoms with Gasteiger partial charge >= 0.3 is 0 Å². The molecule has 0 aliphatic heterocycles. The fourth-order valence-corrected chi connectivity index (χ4v) is 3.78. The van der Waals surface area contributed by atoms with Crippen LogP contribution in [0.3, 0.4) is 0 Å². The van der Waals surface area contributed by atoms with Crippen molar-refractivity contribution in [1.82, 2.24) is 19.4 Å². The van der Waals surface area contributed by atoms with Crippen molar-refractivity contribution in [3.05, 3.63) is 64.9 Å². The second-order valence-electron chi connectivity index (χ2n) is 8.81. The maximum absolute atomic E-state index is 13.0. The maximum atomic E-state index is 13.0. The van der Waals surface area contributed by atoms with Crippen LogP contribution in [0.15, 0.2) is 52.8 Å². The van der Waals surface area contributed by atoms with Gasteiger partial charge < -0.3 is 46.4 Å². The Kier molecular flexibility index (Phi) is 9.55. The van der Waals surface area contributed by atoms with E-state index >= 15 is 0 Å². The fourth-order valence-electron chi connectivity index (χ4n) is 3.68. The smallest absolute Gasteiger partial charge is 0.274 e. The summed E-state index contributed by atoms with van der Waals surface area (Å²) in [6.07, 6.45) is 5.32. The number of aromatic amines is 1. The van der Waals surface area contributed by atoms with E-state index in [2.05, 4.69) is 48.4 Å². The lowest BCUT2D eigenvalue weighted by molar-refractivity contribution is -0.112. The summed E-state index contributed by atoms with van der Waals surface area (Å²) >= 11 is 3.00. The van der Waals surface area contributed by atoms with Gasteiger partial charge in [-0.25, -0.2) is 0 Å². The molecule has 0 saturated heterocycles. The van der Waals surface area contributed by atoms with Crippen molar-refractivity contribution < 1.29 is 19.2 Å². The Hall–Kier alpha value is -4.79. The molecular weight excluding hydrogens is 584 g/mol. The predicted octanol–water partition coefficient (Wildman–Crippen LogP) is 1.46. The summed E-state index contributed by atoms with van der Waals surface area (Å²) in [5.41, 5.74) is 12.7. The molecule has 3 aromatic rings. The molecule has 3 aromatic heterocycles. The van der Waals surface area contributed by atoms with E-state index in [-0.39, 0.29) is 28.0 Å². The third-order valence-electron chi connectivity index (χ3n) is 5.74. The van der Waals surface area contributed by atoms with Crippen LogP contribution >= 0.6 is 15.9 Å². The van der Waals surface area contributed by atoms with Crippen molar-refractivity contribution in [2.24, 2.45) is 30.6 Å². The first-order valence-electron chi connectivity index (χ1n) is 12.0. The Bertz CT molecular complexity index is 1480. The van der Waals surface area contributed by atoms with Crippen LogP contribution in [0.5, 0.6) is 0 Å². The van der Waals surface area contributed by atoms with Gasteiger partial charge in [-0.3, -0.25) is 24.2 Å². The van der Waals surface area contributed by atoms with Crippen LogP contribution in [-0.2, 0) is 18.9 Å². The number of H-pyrrole nitrogens is 1. The van der Waals surface area contributed by atoms with Crippen molar-refractivity contribution in [1.29, 1.82) is 0 Å². The van der Waals surface area contributed by atoms with Gasteiger partial charge in [-0.15, -0.1) is 0 Å². The first-order valence-corrected chi connectivity index (χ1v) is 12.8. The summed E-state index contributed by atoms with van der Waals surface area (Å²) in [5, 5.41) is 8.16. The summed E-state index contributed by atoms with van der Waals surface area (Å²) < 4.78 is 3.34. The van der Waals surface area contributed by atoms with Crippen molar-refractivity contribution >= 4 is 62.6 Å². The minimum absolute atomic E-state index is 0.00307. The molecule has 0 spiro atoms. The quantitative estimate of drug-likeness (QED) is 0.0817. The number of guanidine groups is 1. The second kappa shape index (κ2) is 12.8. The Morgan fingerprint density at radius 1 is 1.02 bits per heavy atom. The molecule has 3 heterocycles. The summed E-state index contributed by atoms with van der Waals surface area (Å²) in [4.78, 5) is 58.4. The average molecular weight is 615 g/mol. The van der Waals surface area contributed by atoms with Gasteiger partial charge in [0.25, 0.3) is 23.6 Å². The van der Waals surface area contributed by atoms with Crippen LogP contribution in [-0.4, -0.2) is 63.8 Å². The number of nitrogens with one attached hydrogen (secondary N) is 4. The number of carbonyl (C=O) groups excluding carboxylic acids is 4. The number of rotatable bonds is 11. The summed E-state index contributed by atoms with van der Waals surface area (Å²) in [6, 6.07) is 4.63. The lowest BCUT2D eigenvalue weighted by Crippen LogP contribution is -2.27. The minimum Gasteiger partial charge on any atom is -0.370 e. The number of anilines is 3. The zero-order valence-corrected chi connectivity index (χ0v) is 23.8. The third-order valence-corrected chi connectivity index (χ3v) is 6.10. The number of halogens is 1. The zero-order chi connectivity index (χ0) is 29.6. The number of aliphatic imine (C=N–C) groups is 1. The summed E-state index contributed by atoms with van der Waals surface area (Å²) in [7, 11) is 4.94. The van der Waals surface area contributed by atoms with Gasteiger partial charge in [0.15, 0.2) is 5.96 Å². The third kappa shape index (κ3) is 7.41. The van der Waals surface area contributed by atoms with E-state index in [0.717, 1.165) is 0 Å². The van der Waals surface area contributed by atoms with Gasteiger partial charge in [0, 0.05) is 52.8 Å². The van der Waals surface area contributed by atoms with E-state index in [1.54, 1.807) is 54.8 Å². The Labute approximate surface area is 238 Å². The topological polar surface area (TPSA) is 198 Å². The molecule has 0 aliphatic carbocycles. The molecule has 40 heavy (non-hydrogen) atoms. The highest BCUT2D eigenvalue weighted by Crippen LogP contribution is 2.22. The molecular formula is C25H31BrN10O4. The summed E-state index contributed by atoms with van der Waals surface area (Å²) in [5.74, 6) is -1.55. The predicted molar refractivity (Wildman–Crippen MR) is 157 cm³/mol. The SMILES string of the molecule is C=C(Br)C(=O)Nc1c[nH]c(C(=O)N(C)c2cc(C(=O)Nc3cc(C(=O)NCCCN=C(N)N)n(C)c3)n(C)c2)c1. The van der Waals surface area contributed by atoms with Crippen LogP contribution in [0.1, 0.15) is 37.9 Å². The molecule has 0 unspecified atom stereocenters. The zero-order valence-electron chi connectivity index (χ0n) is 22.2. The average Bonchev–Trinajstić information content (AvgIpc) is 3.61. The van der Waals surface area contributed by atoms with Gasteiger partial charge in [-0.1, -0.05) is 6.58 Å². The largest absolute Gasteiger partial charge is 0.370 e. The molecule has 4 amide bonds. The lowest BCUT2D eigenvalue weighted by atomic mass is 10.3. The van der Waals surface area contributed by atoms with Crippen molar-refractivity contribution in [2.75, 3.05) is 35.7 Å². The van der Waals surface area contributed by atoms with Crippen LogP contribution in [0.25, 0.3) is 0 Å². The normalized spacial score (nSPS) is 10.5. The molecule has 8 N–H and O–H groups in total. The van der Waals surface area contributed by atoms with Gasteiger partial charge in [0.2, 0.25) is 0 Å². The van der Waals surface area contributed by atoms with E-state index in [9.17, 15) is 19.2 Å². The Morgan fingerprint density at radius 2 is 1.70 bits per heavy atom. The molecule has 0 bridgehead atoms. The Morgan fingerprint density at radius 3 is 2.38 bits per heavy atom. The highest BCUT2D eigenvalue weighted by Gasteiger charge is 2.21. The molecule has 14 nitrogen and oxygen atoms in total. The van der Waals surface area contributed by atoms with Crippen LogP contribution in [0.2, 0.25) is 0 Å². The van der Waals surface area contributed by atoms with Gasteiger partial charge in [-0.05, 0) is 40.5 Å². The highest BCUT2D eigenvalue weighted by atomic mass is 79.9. The molecule has 0 radical (unpaired) electrons. The number of amides is 4. The van der Waals surface area contributed by atoms with E-state index in [1.807, 2.05) is 0 Å². The molecule has 0 saturated carbocycles. The number of nitrogens with two attached hydrogens (primary N) is 2. The first kappa shape index (κ1) is 29.8. The van der Waals surface area contributed by atoms with E-state index in [4.69, 9.17) is 11.5 Å². The molecule has 0 atom stereocenters. The molecule has 15 heteroatoms. The van der Waals surface area contributed by atoms with E-state index in [0.29, 0.717) is 48.0 Å². The number of carbonyl (C=O) groups is 4. The van der Waals surface area contributed by atoms with Crippen molar-refractivity contribution in [2.45, 2.75) is 6.42 Å². The number of nitrogens with zero attached hydrogens (tertiary/aromatic N) is 4. The number of hydrogen-bond donors (Lipinski definition) is 6. The van der Waals surface area contributed by atoms with Gasteiger partial charge in [-0.2, -0.15) is 0 Å². The Balaban J connectivity index is 1.64. The van der Waals surface area contributed by atoms with Crippen LogP contribution < -0.4 is 32.3 Å². The van der Waals surface area contributed by atoms with Gasteiger partial charge in [0.1, 0.15) is 17.1 Å². The molecule has 212 valence electrons. The number of aromatic nitrogens is 3. The number of hydrogen-bond acceptors (Lipinski definition) is 5. The van der Waals surface area contributed by atoms with Crippen molar-refractivity contribution in [3.8, 4) is 0 Å². The summed E-state index contributed by atoms with van der Waals surface area (Å²) in [6.45, 7) is 4.28. The first-order chi connectivity index (χ1) is 18.9. The monoisotopic (exact) mass is 614 g/mol. The second-order valence-corrected chi connectivity index (χ2v) is 9.77. The molecule has 0 aromatic carbocycles. The lowest BCUT2D eigenvalue weighted by Gasteiger charge is -2.14. The van der Waals surface area contributed by atoms with Crippen molar-refractivity contribution in [3.63, 3.8) is 0 Å². The number of aryl methyl sites for hydroxylation is 2. The van der Waals surface area contributed by atoms with E-state index in [1.165, 1.54) is 17.2 Å². The maximum Gasteiger partial charge on any atom is 0.274 e. The highest BCUT2D eigenvalue weighted by molar-refractivity contribution is 9.12. The fraction of sp³-hybridized carbons (Fsp3) is 0.240. The van der Waals surface area contributed by atoms with Gasteiger partial charge in [0.05, 0.1) is 21.5 Å². The molecule has 0 aliphatic rings. The van der Waals surface area contributed by atoms with E-state index < -0.39 is 11.8 Å². The minimum atomic E-state index is -0.434. The molecule has 3 rings (SSSR count).